The molecule has 3 aromatic rings. The molecule has 3 aromatic heterocycles. The van der Waals surface area contributed by atoms with Crippen molar-refractivity contribution >= 4 is 5.95 Å². The van der Waals surface area contributed by atoms with Gasteiger partial charge < -0.3 is 14.3 Å². The number of aryl methyl sites for hydroxylation is 2. The van der Waals surface area contributed by atoms with E-state index >= 15 is 0 Å². The molecule has 0 fully saturated rings. The number of aromatic nitrogens is 4. The third-order valence-corrected chi connectivity index (χ3v) is 2.59. The van der Waals surface area contributed by atoms with E-state index in [2.05, 4.69) is 25.4 Å². The molecule has 0 spiro atoms. The first-order valence-electron chi connectivity index (χ1n) is 6.13. The fourth-order valence-electron chi connectivity index (χ4n) is 1.79. The summed E-state index contributed by atoms with van der Waals surface area (Å²) in [5.41, 5.74) is 1.81. The molecule has 7 nitrogen and oxygen atoms in total. The van der Waals surface area contributed by atoms with Crippen LogP contribution in [0.2, 0.25) is 0 Å². The maximum Gasteiger partial charge on any atom is 0.293 e. The number of hydrogen-bond donors (Lipinski definition) is 1. The van der Waals surface area contributed by atoms with Gasteiger partial charge in [0.05, 0.1) is 12.8 Å². The van der Waals surface area contributed by atoms with E-state index in [1.54, 1.807) is 18.4 Å². The van der Waals surface area contributed by atoms with E-state index in [0.29, 0.717) is 30.0 Å². The van der Waals surface area contributed by atoms with Gasteiger partial charge in [-0.3, -0.25) is 0 Å². The van der Waals surface area contributed by atoms with Gasteiger partial charge in [-0.2, -0.15) is 4.98 Å². The molecule has 7 heteroatoms. The van der Waals surface area contributed by atoms with Gasteiger partial charge in [0.1, 0.15) is 0 Å². The average Bonchev–Trinajstić information content (AvgIpc) is 3.06. The Hall–Kier alpha value is -2.70. The second-order valence-corrected chi connectivity index (χ2v) is 4.32. The van der Waals surface area contributed by atoms with Crippen LogP contribution >= 0.6 is 0 Å². The van der Waals surface area contributed by atoms with E-state index in [1.807, 2.05) is 19.9 Å². The molecule has 102 valence electrons. The molecule has 0 aliphatic rings. The van der Waals surface area contributed by atoms with E-state index in [9.17, 15) is 0 Å². The molecule has 0 saturated carbocycles. The molecule has 0 bridgehead atoms. The van der Waals surface area contributed by atoms with Crippen LogP contribution in [0.5, 0.6) is 0 Å². The van der Waals surface area contributed by atoms with Crippen molar-refractivity contribution in [1.82, 2.24) is 20.1 Å². The summed E-state index contributed by atoms with van der Waals surface area (Å²) < 4.78 is 10.3. The molecule has 0 aromatic carbocycles. The summed E-state index contributed by atoms with van der Waals surface area (Å²) in [6.45, 7) is 4.22. The van der Waals surface area contributed by atoms with Crippen LogP contribution in [0.15, 0.2) is 33.4 Å². The Morgan fingerprint density at radius 3 is 2.65 bits per heavy atom. The summed E-state index contributed by atoms with van der Waals surface area (Å²) in [7, 11) is 0. The standard InChI is InChI=1S/C13H13N5O2/c1-8-6-9(2)16-13(15-8)14-7-11-17-12(20-18-11)10-4-3-5-19-10/h3-6H,7H2,1-2H3,(H,14,15,16). The monoisotopic (exact) mass is 271 g/mol. The third kappa shape index (κ3) is 2.66. The lowest BCUT2D eigenvalue weighted by atomic mass is 10.4. The summed E-state index contributed by atoms with van der Waals surface area (Å²) >= 11 is 0. The molecule has 0 radical (unpaired) electrons. The van der Waals surface area contributed by atoms with Crippen molar-refractivity contribution < 1.29 is 8.94 Å². The molecule has 0 aliphatic heterocycles. The molecule has 3 heterocycles. The molecule has 20 heavy (non-hydrogen) atoms. The largest absolute Gasteiger partial charge is 0.459 e. The number of hydrogen-bond acceptors (Lipinski definition) is 7. The van der Waals surface area contributed by atoms with E-state index in [-0.39, 0.29) is 0 Å². The van der Waals surface area contributed by atoms with Crippen LogP contribution < -0.4 is 5.32 Å². The van der Waals surface area contributed by atoms with Gasteiger partial charge >= 0.3 is 0 Å². The Bertz CT molecular complexity index is 685. The highest BCUT2D eigenvalue weighted by Crippen LogP contribution is 2.17. The number of nitrogens with zero attached hydrogens (tertiary/aromatic N) is 4. The van der Waals surface area contributed by atoms with Crippen LogP contribution in [0.25, 0.3) is 11.7 Å². The maximum atomic E-state index is 5.19. The number of anilines is 1. The smallest absolute Gasteiger partial charge is 0.293 e. The first-order chi connectivity index (χ1) is 9.70. The van der Waals surface area contributed by atoms with Gasteiger partial charge in [0.2, 0.25) is 5.95 Å². The van der Waals surface area contributed by atoms with Crippen LogP contribution in [0, 0.1) is 13.8 Å². The second-order valence-electron chi connectivity index (χ2n) is 4.32. The third-order valence-electron chi connectivity index (χ3n) is 2.59. The predicted molar refractivity (Wildman–Crippen MR) is 70.8 cm³/mol. The van der Waals surface area contributed by atoms with E-state index < -0.39 is 0 Å². The van der Waals surface area contributed by atoms with Gasteiger partial charge in [0.25, 0.3) is 5.89 Å². The molecule has 0 saturated heterocycles. The van der Waals surface area contributed by atoms with Gasteiger partial charge in [0, 0.05) is 11.4 Å². The highest BCUT2D eigenvalue weighted by Gasteiger charge is 2.11. The lowest BCUT2D eigenvalue weighted by Crippen LogP contribution is -2.06. The fourth-order valence-corrected chi connectivity index (χ4v) is 1.79. The lowest BCUT2D eigenvalue weighted by Gasteiger charge is -2.03. The van der Waals surface area contributed by atoms with Crippen molar-refractivity contribution in [2.24, 2.45) is 0 Å². The average molecular weight is 271 g/mol. The fraction of sp³-hybridized carbons (Fsp3) is 0.231. The molecular formula is C13H13N5O2. The Morgan fingerprint density at radius 2 is 1.95 bits per heavy atom. The summed E-state index contributed by atoms with van der Waals surface area (Å²) in [5.74, 6) is 1.96. The number of nitrogens with one attached hydrogen (secondary N) is 1. The minimum Gasteiger partial charge on any atom is -0.459 e. The van der Waals surface area contributed by atoms with Crippen molar-refractivity contribution in [3.8, 4) is 11.7 Å². The van der Waals surface area contributed by atoms with Gasteiger partial charge in [-0.25, -0.2) is 9.97 Å². The Balaban J connectivity index is 1.69. The Labute approximate surface area is 115 Å². The first kappa shape index (κ1) is 12.3. The lowest BCUT2D eigenvalue weighted by molar-refractivity contribution is 0.410. The van der Waals surface area contributed by atoms with Crippen molar-refractivity contribution in [2.45, 2.75) is 20.4 Å². The zero-order valence-electron chi connectivity index (χ0n) is 11.1. The van der Waals surface area contributed by atoms with Crippen LogP contribution in [0.3, 0.4) is 0 Å². The van der Waals surface area contributed by atoms with Crippen LogP contribution in [0.4, 0.5) is 5.95 Å². The first-order valence-corrected chi connectivity index (χ1v) is 6.13. The van der Waals surface area contributed by atoms with Crippen molar-refractivity contribution in [3.05, 3.63) is 41.7 Å². The number of furan rings is 1. The van der Waals surface area contributed by atoms with Crippen LogP contribution in [-0.4, -0.2) is 20.1 Å². The van der Waals surface area contributed by atoms with E-state index in [1.165, 1.54) is 0 Å². The maximum absolute atomic E-state index is 5.19. The van der Waals surface area contributed by atoms with Gasteiger partial charge in [-0.1, -0.05) is 5.16 Å². The Kier molecular flexibility index (Phi) is 3.16. The predicted octanol–water partition coefficient (Wildman–Crippen LogP) is 2.35. The van der Waals surface area contributed by atoms with Gasteiger partial charge in [-0.05, 0) is 32.0 Å². The molecule has 1 N–H and O–H groups in total. The molecule has 3 rings (SSSR count). The minimum atomic E-state index is 0.355. The minimum absolute atomic E-state index is 0.355. The molecule has 0 unspecified atom stereocenters. The van der Waals surface area contributed by atoms with Crippen molar-refractivity contribution in [1.29, 1.82) is 0 Å². The summed E-state index contributed by atoms with van der Waals surface area (Å²) in [6.07, 6.45) is 1.56. The molecule has 0 atom stereocenters. The molecule has 0 amide bonds. The normalized spacial score (nSPS) is 10.7. The zero-order chi connectivity index (χ0) is 13.9. The van der Waals surface area contributed by atoms with Crippen LogP contribution in [-0.2, 0) is 6.54 Å². The van der Waals surface area contributed by atoms with E-state index in [0.717, 1.165) is 11.4 Å². The van der Waals surface area contributed by atoms with Gasteiger partial charge in [0.15, 0.2) is 11.6 Å². The number of rotatable bonds is 4. The summed E-state index contributed by atoms with van der Waals surface area (Å²) in [5, 5.41) is 6.93. The topological polar surface area (TPSA) is 89.9 Å². The van der Waals surface area contributed by atoms with Gasteiger partial charge in [-0.15, -0.1) is 0 Å². The summed E-state index contributed by atoms with van der Waals surface area (Å²) in [4.78, 5) is 12.8. The molecular weight excluding hydrogens is 258 g/mol. The summed E-state index contributed by atoms with van der Waals surface area (Å²) in [6, 6.07) is 5.44. The van der Waals surface area contributed by atoms with E-state index in [4.69, 9.17) is 8.94 Å². The molecule has 0 aliphatic carbocycles. The second kappa shape index (κ2) is 5.12. The van der Waals surface area contributed by atoms with Crippen molar-refractivity contribution in [2.75, 3.05) is 5.32 Å². The van der Waals surface area contributed by atoms with Crippen molar-refractivity contribution in [3.63, 3.8) is 0 Å². The highest BCUT2D eigenvalue weighted by molar-refractivity contribution is 5.43. The SMILES string of the molecule is Cc1cc(C)nc(NCc2noc(-c3ccco3)n2)n1. The van der Waals surface area contributed by atoms with Crippen LogP contribution in [0.1, 0.15) is 17.2 Å². The Morgan fingerprint density at radius 1 is 1.15 bits per heavy atom. The highest BCUT2D eigenvalue weighted by atomic mass is 16.5. The quantitative estimate of drug-likeness (QED) is 0.778. The zero-order valence-corrected chi connectivity index (χ0v) is 11.1.